The predicted octanol–water partition coefficient (Wildman–Crippen LogP) is 6.46. The van der Waals surface area contributed by atoms with Crippen molar-refractivity contribution in [3.63, 3.8) is 0 Å². The van der Waals surface area contributed by atoms with Gasteiger partial charge in [-0.1, -0.05) is 100 Å². The monoisotopic (exact) mass is 540 g/mol. The summed E-state index contributed by atoms with van der Waals surface area (Å²) in [4.78, 5) is 12.6. The molecule has 204 valence electrons. The van der Waals surface area contributed by atoms with Gasteiger partial charge in [-0.25, -0.2) is 4.79 Å². The van der Waals surface area contributed by atoms with Gasteiger partial charge in [-0.05, 0) is 54.1 Å². The summed E-state index contributed by atoms with van der Waals surface area (Å²) in [6.45, 7) is 20.0. The maximum absolute atomic E-state index is 12.6. The van der Waals surface area contributed by atoms with Crippen LogP contribution in [0.2, 0.25) is 5.04 Å². The Bertz CT molecular complexity index is 1390. The van der Waals surface area contributed by atoms with Crippen LogP contribution in [0, 0.1) is 0 Å². The Balaban J connectivity index is 1.75. The van der Waals surface area contributed by atoms with Crippen molar-refractivity contribution < 1.29 is 13.6 Å². The zero-order valence-electron chi connectivity index (χ0n) is 23.9. The molecule has 5 heteroatoms. The minimum absolute atomic E-state index is 0.169. The van der Waals surface area contributed by atoms with Crippen molar-refractivity contribution in [2.45, 2.75) is 83.0 Å². The highest BCUT2D eigenvalue weighted by Gasteiger charge is 2.56. The summed E-state index contributed by atoms with van der Waals surface area (Å²) in [6.07, 6.45) is 2.44. The molecule has 3 aromatic rings. The molecule has 0 saturated carbocycles. The summed E-state index contributed by atoms with van der Waals surface area (Å²) in [6, 6.07) is 23.0. The van der Waals surface area contributed by atoms with Gasteiger partial charge in [0.15, 0.2) is 0 Å². The highest BCUT2D eigenvalue weighted by Crippen LogP contribution is 2.51. The maximum atomic E-state index is 12.6. The third-order valence-electron chi connectivity index (χ3n) is 8.89. The Kier molecular flexibility index (Phi) is 7.10. The summed E-state index contributed by atoms with van der Waals surface area (Å²) in [5.74, 6) is 1.25. The molecular weight excluding hydrogens is 500 g/mol. The van der Waals surface area contributed by atoms with E-state index in [4.69, 9.17) is 13.6 Å². The van der Waals surface area contributed by atoms with Crippen LogP contribution in [-0.2, 0) is 16.3 Å². The van der Waals surface area contributed by atoms with E-state index in [0.717, 1.165) is 36.0 Å². The van der Waals surface area contributed by atoms with E-state index in [0.29, 0.717) is 17.9 Å². The second-order valence-corrected chi connectivity index (χ2v) is 16.5. The quantitative estimate of drug-likeness (QED) is 0.281. The van der Waals surface area contributed by atoms with E-state index in [-0.39, 0.29) is 22.9 Å². The van der Waals surface area contributed by atoms with Gasteiger partial charge in [0.05, 0.1) is 12.2 Å². The summed E-state index contributed by atoms with van der Waals surface area (Å²) in [5, 5.41) is 2.31. The Morgan fingerprint density at radius 3 is 2.10 bits per heavy atom. The molecule has 0 spiro atoms. The van der Waals surface area contributed by atoms with E-state index < -0.39 is 13.7 Å². The zero-order chi connectivity index (χ0) is 28.0. The van der Waals surface area contributed by atoms with E-state index in [1.54, 1.807) is 0 Å². The normalized spacial score (nSPS) is 23.7. The van der Waals surface area contributed by atoms with Gasteiger partial charge in [0.1, 0.15) is 17.6 Å². The number of rotatable bonds is 4. The average molecular weight is 541 g/mol. The van der Waals surface area contributed by atoms with E-state index in [2.05, 4.69) is 102 Å². The van der Waals surface area contributed by atoms with Gasteiger partial charge in [-0.15, -0.1) is 0 Å². The number of benzene rings is 2. The van der Waals surface area contributed by atoms with Crippen LogP contribution >= 0.6 is 0 Å². The lowest BCUT2D eigenvalue weighted by Crippen LogP contribution is -2.69. The lowest BCUT2D eigenvalue weighted by molar-refractivity contribution is 0.0947. The molecule has 1 aliphatic heterocycles. The largest absolute Gasteiger partial charge is 0.486 e. The molecule has 4 nitrogen and oxygen atoms in total. The lowest BCUT2D eigenvalue weighted by Gasteiger charge is -2.51. The fraction of sp³-hybridized carbons (Fsp3) is 0.382. The van der Waals surface area contributed by atoms with Gasteiger partial charge < -0.3 is 13.6 Å². The van der Waals surface area contributed by atoms with E-state index in [9.17, 15) is 4.79 Å². The molecule has 0 saturated heterocycles. The van der Waals surface area contributed by atoms with Crippen LogP contribution in [0.1, 0.15) is 65.2 Å². The number of hydrogen-bond donors (Lipinski definition) is 0. The molecule has 1 aliphatic carbocycles. The molecule has 0 radical (unpaired) electrons. The standard InChI is InChI=1S/C34H40O4Si/c1-23-18-19-24(2)34(7)30(21-20-28-32(34)29(36-25(23)3)22-31(35)37-28)38-39(33(4,5)6,26-14-10-8-11-15-26)27-16-12-9-13-17-27/h8-17,22,25,30H,1-2,18-21H2,3-7H3/t25-,30-,34+/m1/s1. The summed E-state index contributed by atoms with van der Waals surface area (Å²) in [7, 11) is -2.86. The third kappa shape index (κ3) is 4.56. The minimum Gasteiger partial charge on any atom is -0.486 e. The molecule has 5 rings (SSSR count). The maximum Gasteiger partial charge on any atom is 0.339 e. The average Bonchev–Trinajstić information content (AvgIpc) is 2.93. The van der Waals surface area contributed by atoms with Crippen LogP contribution < -0.4 is 20.7 Å². The van der Waals surface area contributed by atoms with Crippen LogP contribution in [-0.4, -0.2) is 20.5 Å². The molecular formula is C34H40O4Si. The van der Waals surface area contributed by atoms with E-state index in [1.165, 1.54) is 16.4 Å². The van der Waals surface area contributed by atoms with Crippen molar-refractivity contribution in [3.05, 3.63) is 113 Å². The molecule has 2 aromatic carbocycles. The minimum atomic E-state index is -2.86. The van der Waals surface area contributed by atoms with Gasteiger partial charge in [-0.2, -0.15) is 0 Å². The van der Waals surface area contributed by atoms with Gasteiger partial charge in [0.2, 0.25) is 0 Å². The second-order valence-electron chi connectivity index (χ2n) is 12.3. The zero-order valence-corrected chi connectivity index (χ0v) is 24.9. The lowest BCUT2D eigenvalue weighted by atomic mass is 9.65. The smallest absolute Gasteiger partial charge is 0.339 e. The first-order valence-corrected chi connectivity index (χ1v) is 15.9. The van der Waals surface area contributed by atoms with Crippen molar-refractivity contribution in [1.82, 2.24) is 0 Å². The van der Waals surface area contributed by atoms with Gasteiger partial charge in [0, 0.05) is 17.4 Å². The second kappa shape index (κ2) is 10.1. The third-order valence-corrected chi connectivity index (χ3v) is 13.9. The van der Waals surface area contributed by atoms with Crippen LogP contribution in [0.4, 0.5) is 0 Å². The molecule has 1 aromatic heterocycles. The van der Waals surface area contributed by atoms with Crippen molar-refractivity contribution in [1.29, 1.82) is 0 Å². The Hall–Kier alpha value is -3.15. The summed E-state index contributed by atoms with van der Waals surface area (Å²) < 4.78 is 20.0. The van der Waals surface area contributed by atoms with Crippen molar-refractivity contribution in [2.75, 3.05) is 0 Å². The molecule has 0 fully saturated rings. The summed E-state index contributed by atoms with van der Waals surface area (Å²) >= 11 is 0. The molecule has 0 N–H and O–H groups in total. The first kappa shape index (κ1) is 27.4. The molecule has 0 amide bonds. The van der Waals surface area contributed by atoms with Gasteiger partial charge >= 0.3 is 5.63 Å². The van der Waals surface area contributed by atoms with Crippen LogP contribution in [0.3, 0.4) is 0 Å². The van der Waals surface area contributed by atoms with E-state index >= 15 is 0 Å². The Morgan fingerprint density at radius 2 is 1.54 bits per heavy atom. The fourth-order valence-corrected chi connectivity index (χ4v) is 11.4. The van der Waals surface area contributed by atoms with Crippen LogP contribution in [0.25, 0.3) is 0 Å². The highest BCUT2D eigenvalue weighted by atomic mass is 28.4. The molecule has 0 unspecified atom stereocenters. The number of hydrogen-bond acceptors (Lipinski definition) is 4. The fourth-order valence-electron chi connectivity index (χ4n) is 6.58. The van der Waals surface area contributed by atoms with Gasteiger partial charge in [-0.3, -0.25) is 0 Å². The van der Waals surface area contributed by atoms with Crippen molar-refractivity contribution >= 4 is 18.7 Å². The SMILES string of the molecule is C=C1CCC(=C)[C@]2(C)c3c(cc(=O)oc3CC[C@H]2O[Si](c2ccccc2)(c2ccccc2)C(C)(C)C)O[C@@H]1C. The molecule has 0 bridgehead atoms. The van der Waals surface area contributed by atoms with Crippen LogP contribution in [0.5, 0.6) is 5.75 Å². The topological polar surface area (TPSA) is 48.7 Å². The van der Waals surface area contributed by atoms with Crippen molar-refractivity contribution in [3.8, 4) is 5.75 Å². The highest BCUT2D eigenvalue weighted by molar-refractivity contribution is 6.99. The number of ether oxygens (including phenoxy) is 1. The van der Waals surface area contributed by atoms with Crippen LogP contribution in [0.15, 0.2) is 100 Å². The molecule has 2 heterocycles. The molecule has 2 aliphatic rings. The first-order chi connectivity index (χ1) is 18.5. The Morgan fingerprint density at radius 1 is 0.949 bits per heavy atom. The Labute approximate surface area is 233 Å². The van der Waals surface area contributed by atoms with Gasteiger partial charge in [0.25, 0.3) is 8.32 Å². The molecule has 3 atom stereocenters. The number of aryl methyl sites for hydroxylation is 1. The van der Waals surface area contributed by atoms with Crippen molar-refractivity contribution in [2.24, 2.45) is 0 Å². The van der Waals surface area contributed by atoms with E-state index in [1.807, 2.05) is 6.92 Å². The first-order valence-electron chi connectivity index (χ1n) is 14.0. The molecule has 39 heavy (non-hydrogen) atoms. The predicted molar refractivity (Wildman–Crippen MR) is 161 cm³/mol. The summed E-state index contributed by atoms with van der Waals surface area (Å²) in [5.41, 5.74) is 1.95.